The van der Waals surface area contributed by atoms with Crippen molar-refractivity contribution in [3.05, 3.63) is 0 Å². The molecule has 7 N–H and O–H groups in total. The number of nitrogens with two attached hydrogens (primary N) is 2. The number of hydrogen-bond acceptors (Lipinski definition) is 5. The first-order valence-corrected chi connectivity index (χ1v) is 4.86. The Balaban J connectivity index is 3.49. The van der Waals surface area contributed by atoms with Crippen LogP contribution in [-0.2, 0) is 4.79 Å². The summed E-state index contributed by atoms with van der Waals surface area (Å²) in [7, 11) is 0. The monoisotopic (exact) mass is 203 g/mol. The normalized spacial score (nSPS) is 11.4. The Bertz CT molecular complexity index is 171. The number of amides is 1. The summed E-state index contributed by atoms with van der Waals surface area (Å²) in [5.41, 5.74) is 16.5. The number of rotatable bonds is 7. The second-order valence-corrected chi connectivity index (χ2v) is 3.22. The highest BCUT2D eigenvalue weighted by molar-refractivity contribution is 5.77. The van der Waals surface area contributed by atoms with Crippen molar-refractivity contribution in [1.29, 1.82) is 0 Å². The summed E-state index contributed by atoms with van der Waals surface area (Å²) < 4.78 is 0. The highest BCUT2D eigenvalue weighted by Crippen LogP contribution is 1.87. The molecule has 6 heteroatoms. The fourth-order valence-corrected chi connectivity index (χ4v) is 0.704. The van der Waals surface area contributed by atoms with Gasteiger partial charge in [0.25, 0.3) is 0 Å². The highest BCUT2D eigenvalue weighted by atomic mass is 16.2. The molecule has 0 aliphatic carbocycles. The Kier molecular flexibility index (Phi) is 6.39. The Hall–Kier alpha value is -0.690. The van der Waals surface area contributed by atoms with Gasteiger partial charge in [0.2, 0.25) is 5.91 Å². The van der Waals surface area contributed by atoms with E-state index < -0.39 is 5.79 Å². The number of nitrogens with one attached hydrogen (secondary N) is 3. The number of hydrazine groups is 1. The van der Waals surface area contributed by atoms with E-state index in [-0.39, 0.29) is 12.5 Å². The van der Waals surface area contributed by atoms with Crippen LogP contribution in [0.1, 0.15) is 26.7 Å². The van der Waals surface area contributed by atoms with E-state index in [1.807, 2.05) is 13.8 Å². The number of carbonyl (C=O) groups excluding carboxylic acids is 1. The zero-order chi connectivity index (χ0) is 11.0. The summed E-state index contributed by atoms with van der Waals surface area (Å²) in [6, 6.07) is 0. The molecular formula is C8H21N5O. The maximum Gasteiger partial charge on any atom is 0.235 e. The maximum atomic E-state index is 11.1. The van der Waals surface area contributed by atoms with Crippen molar-refractivity contribution in [2.75, 3.05) is 13.1 Å². The molecule has 0 atom stereocenters. The standard InChI is InChI=1S/C8H21N5O/c1-3-5-11-7(14)6-12-13-8(9,10)4-2/h12-13H,3-6,9-10H2,1-2H3,(H,11,14). The third-order valence-electron chi connectivity index (χ3n) is 1.73. The molecular weight excluding hydrogens is 182 g/mol. The molecule has 0 spiro atoms. The van der Waals surface area contributed by atoms with Crippen molar-refractivity contribution in [2.45, 2.75) is 32.5 Å². The van der Waals surface area contributed by atoms with Gasteiger partial charge in [-0.2, -0.15) is 0 Å². The molecule has 6 nitrogen and oxygen atoms in total. The van der Waals surface area contributed by atoms with E-state index in [1.165, 1.54) is 0 Å². The van der Waals surface area contributed by atoms with Crippen molar-refractivity contribution in [3.63, 3.8) is 0 Å². The maximum absolute atomic E-state index is 11.1. The lowest BCUT2D eigenvalue weighted by atomic mass is 10.3. The first-order chi connectivity index (χ1) is 6.52. The number of hydrogen-bond donors (Lipinski definition) is 5. The average Bonchev–Trinajstić information content (AvgIpc) is 2.14. The van der Waals surface area contributed by atoms with Gasteiger partial charge < -0.3 is 16.8 Å². The lowest BCUT2D eigenvalue weighted by Gasteiger charge is -2.24. The molecule has 14 heavy (non-hydrogen) atoms. The summed E-state index contributed by atoms with van der Waals surface area (Å²) >= 11 is 0. The molecule has 0 aliphatic rings. The van der Waals surface area contributed by atoms with Crippen LogP contribution in [0.15, 0.2) is 0 Å². The minimum atomic E-state index is -0.967. The van der Waals surface area contributed by atoms with Gasteiger partial charge in [0, 0.05) is 6.54 Å². The van der Waals surface area contributed by atoms with Crippen molar-refractivity contribution in [2.24, 2.45) is 11.5 Å². The highest BCUT2D eigenvalue weighted by Gasteiger charge is 2.14. The van der Waals surface area contributed by atoms with Crippen LogP contribution < -0.4 is 27.6 Å². The first-order valence-electron chi connectivity index (χ1n) is 4.86. The predicted octanol–water partition coefficient (Wildman–Crippen LogP) is -1.41. The molecule has 0 aromatic heterocycles. The van der Waals surface area contributed by atoms with Gasteiger partial charge in [-0.3, -0.25) is 4.79 Å². The molecule has 1 amide bonds. The third kappa shape index (κ3) is 6.79. The van der Waals surface area contributed by atoms with Gasteiger partial charge >= 0.3 is 0 Å². The van der Waals surface area contributed by atoms with Gasteiger partial charge in [-0.15, -0.1) is 0 Å². The molecule has 0 radical (unpaired) electrons. The SMILES string of the molecule is CCCNC(=O)CNNC(N)(N)CC. The van der Waals surface area contributed by atoms with E-state index >= 15 is 0 Å². The lowest BCUT2D eigenvalue weighted by molar-refractivity contribution is -0.120. The van der Waals surface area contributed by atoms with Gasteiger partial charge in [-0.25, -0.2) is 10.9 Å². The first kappa shape index (κ1) is 13.3. The largest absolute Gasteiger partial charge is 0.355 e. The van der Waals surface area contributed by atoms with Crippen molar-refractivity contribution in [3.8, 4) is 0 Å². The van der Waals surface area contributed by atoms with E-state index in [0.717, 1.165) is 6.42 Å². The van der Waals surface area contributed by atoms with E-state index in [9.17, 15) is 4.79 Å². The molecule has 0 bridgehead atoms. The quantitative estimate of drug-likeness (QED) is 0.258. The summed E-state index contributed by atoms with van der Waals surface area (Å²) in [6.45, 7) is 4.69. The van der Waals surface area contributed by atoms with Gasteiger partial charge in [0.05, 0.1) is 6.54 Å². The minimum Gasteiger partial charge on any atom is -0.355 e. The molecule has 0 rings (SSSR count). The molecule has 0 aliphatic heterocycles. The second kappa shape index (κ2) is 6.72. The lowest BCUT2D eigenvalue weighted by Crippen LogP contribution is -2.65. The fraction of sp³-hybridized carbons (Fsp3) is 0.875. The van der Waals surface area contributed by atoms with Gasteiger partial charge in [0.1, 0.15) is 5.79 Å². The Morgan fingerprint density at radius 1 is 1.36 bits per heavy atom. The topological polar surface area (TPSA) is 105 Å². The van der Waals surface area contributed by atoms with E-state index in [0.29, 0.717) is 13.0 Å². The van der Waals surface area contributed by atoms with Crippen LogP contribution in [0.2, 0.25) is 0 Å². The van der Waals surface area contributed by atoms with E-state index in [4.69, 9.17) is 11.5 Å². The van der Waals surface area contributed by atoms with Gasteiger partial charge in [-0.1, -0.05) is 13.8 Å². The van der Waals surface area contributed by atoms with E-state index in [1.54, 1.807) is 0 Å². The van der Waals surface area contributed by atoms with Crippen LogP contribution >= 0.6 is 0 Å². The fourth-order valence-electron chi connectivity index (χ4n) is 0.704. The number of carbonyl (C=O) groups is 1. The third-order valence-corrected chi connectivity index (χ3v) is 1.73. The molecule has 0 fully saturated rings. The van der Waals surface area contributed by atoms with Gasteiger partial charge in [0.15, 0.2) is 0 Å². The minimum absolute atomic E-state index is 0.0775. The molecule has 0 heterocycles. The zero-order valence-corrected chi connectivity index (χ0v) is 8.89. The van der Waals surface area contributed by atoms with Crippen molar-refractivity contribution < 1.29 is 4.79 Å². The summed E-state index contributed by atoms with van der Waals surface area (Å²) in [4.78, 5) is 11.1. The smallest absolute Gasteiger partial charge is 0.235 e. The zero-order valence-electron chi connectivity index (χ0n) is 8.89. The van der Waals surface area contributed by atoms with E-state index in [2.05, 4.69) is 16.2 Å². The summed E-state index contributed by atoms with van der Waals surface area (Å²) in [6.07, 6.45) is 1.49. The molecule has 0 saturated heterocycles. The Morgan fingerprint density at radius 2 is 2.00 bits per heavy atom. The summed E-state index contributed by atoms with van der Waals surface area (Å²) in [5, 5.41) is 2.71. The molecule has 0 aromatic carbocycles. The molecule has 0 unspecified atom stereocenters. The molecule has 84 valence electrons. The molecule has 0 aromatic rings. The van der Waals surface area contributed by atoms with Crippen LogP contribution in [0.25, 0.3) is 0 Å². The van der Waals surface area contributed by atoms with Gasteiger partial charge in [-0.05, 0) is 12.8 Å². The van der Waals surface area contributed by atoms with Crippen LogP contribution in [-0.4, -0.2) is 24.8 Å². The Morgan fingerprint density at radius 3 is 2.50 bits per heavy atom. The average molecular weight is 203 g/mol. The predicted molar refractivity (Wildman–Crippen MR) is 55.8 cm³/mol. The van der Waals surface area contributed by atoms with Crippen molar-refractivity contribution in [1.82, 2.24) is 16.2 Å². The second-order valence-electron chi connectivity index (χ2n) is 3.22. The Labute approximate surface area is 84.8 Å². The van der Waals surface area contributed by atoms with Crippen LogP contribution in [0.4, 0.5) is 0 Å². The van der Waals surface area contributed by atoms with Crippen LogP contribution in [0, 0.1) is 0 Å². The summed E-state index contributed by atoms with van der Waals surface area (Å²) in [5.74, 6) is -1.04. The van der Waals surface area contributed by atoms with Crippen molar-refractivity contribution >= 4 is 5.91 Å². The van der Waals surface area contributed by atoms with Crippen LogP contribution in [0.3, 0.4) is 0 Å². The molecule has 0 saturated carbocycles. The van der Waals surface area contributed by atoms with Crippen LogP contribution in [0.5, 0.6) is 0 Å².